The molecule has 132 valence electrons. The predicted octanol–water partition coefficient (Wildman–Crippen LogP) is 1.66. The standard InChI is InChI=1S/C18H26N2O4/c1-12(2)10-15(18(23)24)20-17(22)11-19-16(21)9-8-14-6-4-13(3)5-7-14/h4-7,12,15H,8-11H2,1-3H3,(H,19,21)(H,20,22)(H,23,24)/t15-/m1/s1. The maximum absolute atomic E-state index is 11.8. The molecule has 24 heavy (non-hydrogen) atoms. The van der Waals surface area contributed by atoms with E-state index in [1.165, 1.54) is 0 Å². The van der Waals surface area contributed by atoms with Gasteiger partial charge in [0.25, 0.3) is 0 Å². The number of carbonyl (C=O) groups excluding carboxylic acids is 2. The van der Waals surface area contributed by atoms with E-state index in [-0.39, 0.29) is 24.8 Å². The van der Waals surface area contributed by atoms with Crippen LogP contribution in [0.2, 0.25) is 0 Å². The van der Waals surface area contributed by atoms with Gasteiger partial charge in [0.1, 0.15) is 6.04 Å². The molecule has 6 heteroatoms. The summed E-state index contributed by atoms with van der Waals surface area (Å²) in [5, 5.41) is 14.0. The molecular formula is C18H26N2O4. The monoisotopic (exact) mass is 334 g/mol. The molecule has 0 unspecified atom stereocenters. The van der Waals surface area contributed by atoms with Crippen molar-refractivity contribution in [1.29, 1.82) is 0 Å². The Bertz CT molecular complexity index is 567. The largest absolute Gasteiger partial charge is 0.480 e. The Morgan fingerprint density at radius 2 is 1.71 bits per heavy atom. The minimum atomic E-state index is -1.07. The zero-order valence-corrected chi connectivity index (χ0v) is 14.5. The summed E-state index contributed by atoms with van der Waals surface area (Å²) in [5.41, 5.74) is 2.22. The summed E-state index contributed by atoms with van der Waals surface area (Å²) in [7, 11) is 0. The first-order valence-electron chi connectivity index (χ1n) is 8.12. The molecule has 6 nitrogen and oxygen atoms in total. The lowest BCUT2D eigenvalue weighted by Gasteiger charge is -2.16. The molecule has 0 radical (unpaired) electrons. The van der Waals surface area contributed by atoms with E-state index in [1.54, 1.807) is 0 Å². The Morgan fingerprint density at radius 3 is 2.25 bits per heavy atom. The van der Waals surface area contributed by atoms with Crippen molar-refractivity contribution in [3.05, 3.63) is 35.4 Å². The van der Waals surface area contributed by atoms with E-state index in [1.807, 2.05) is 45.0 Å². The van der Waals surface area contributed by atoms with Crippen molar-refractivity contribution in [2.24, 2.45) is 5.92 Å². The molecule has 1 aromatic carbocycles. The van der Waals surface area contributed by atoms with E-state index in [2.05, 4.69) is 10.6 Å². The average Bonchev–Trinajstić information content (AvgIpc) is 2.51. The zero-order valence-electron chi connectivity index (χ0n) is 14.5. The lowest BCUT2D eigenvalue weighted by molar-refractivity contribution is -0.142. The molecule has 0 saturated heterocycles. The van der Waals surface area contributed by atoms with Gasteiger partial charge in [-0.25, -0.2) is 4.79 Å². The van der Waals surface area contributed by atoms with Gasteiger partial charge in [-0.1, -0.05) is 43.7 Å². The molecule has 0 aliphatic carbocycles. The van der Waals surface area contributed by atoms with Crippen LogP contribution in [0.1, 0.15) is 37.8 Å². The number of rotatable bonds is 9. The third kappa shape index (κ3) is 7.76. The highest BCUT2D eigenvalue weighted by molar-refractivity contribution is 5.87. The molecule has 0 fully saturated rings. The van der Waals surface area contributed by atoms with E-state index < -0.39 is 17.9 Å². The summed E-state index contributed by atoms with van der Waals surface area (Å²) in [5.74, 6) is -1.65. The smallest absolute Gasteiger partial charge is 0.326 e. The first-order chi connectivity index (χ1) is 11.3. The van der Waals surface area contributed by atoms with E-state index in [9.17, 15) is 14.4 Å². The fourth-order valence-electron chi connectivity index (χ4n) is 2.22. The van der Waals surface area contributed by atoms with Gasteiger partial charge < -0.3 is 15.7 Å². The summed E-state index contributed by atoms with van der Waals surface area (Å²) in [6.45, 7) is 5.55. The van der Waals surface area contributed by atoms with Crippen LogP contribution < -0.4 is 10.6 Å². The van der Waals surface area contributed by atoms with E-state index in [0.29, 0.717) is 12.8 Å². The number of carbonyl (C=O) groups is 3. The number of hydrogen-bond acceptors (Lipinski definition) is 3. The number of carboxylic acids is 1. The zero-order chi connectivity index (χ0) is 18.1. The van der Waals surface area contributed by atoms with Crippen LogP contribution in [0.15, 0.2) is 24.3 Å². The van der Waals surface area contributed by atoms with Crippen LogP contribution in [0.4, 0.5) is 0 Å². The van der Waals surface area contributed by atoms with Crippen LogP contribution in [0.5, 0.6) is 0 Å². The Labute approximate surface area is 142 Å². The Kier molecular flexibility index (Phi) is 7.95. The van der Waals surface area contributed by atoms with Crippen LogP contribution in [0, 0.1) is 12.8 Å². The highest BCUT2D eigenvalue weighted by atomic mass is 16.4. The number of aliphatic carboxylic acids is 1. The van der Waals surface area contributed by atoms with Crippen molar-refractivity contribution in [2.45, 2.75) is 46.1 Å². The molecule has 0 aliphatic heterocycles. The van der Waals surface area contributed by atoms with Crippen LogP contribution in [0.3, 0.4) is 0 Å². The van der Waals surface area contributed by atoms with E-state index >= 15 is 0 Å². The Hall–Kier alpha value is -2.37. The van der Waals surface area contributed by atoms with Crippen molar-refractivity contribution >= 4 is 17.8 Å². The van der Waals surface area contributed by atoms with Gasteiger partial charge in [-0.15, -0.1) is 0 Å². The van der Waals surface area contributed by atoms with Crippen molar-refractivity contribution in [1.82, 2.24) is 10.6 Å². The fraction of sp³-hybridized carbons (Fsp3) is 0.500. The fourth-order valence-corrected chi connectivity index (χ4v) is 2.22. The van der Waals surface area contributed by atoms with Crippen molar-refractivity contribution < 1.29 is 19.5 Å². The molecule has 1 atom stereocenters. The van der Waals surface area contributed by atoms with Crippen molar-refractivity contribution in [2.75, 3.05) is 6.54 Å². The molecular weight excluding hydrogens is 308 g/mol. The number of carboxylic acid groups (broad SMARTS) is 1. The highest BCUT2D eigenvalue weighted by Gasteiger charge is 2.21. The summed E-state index contributed by atoms with van der Waals surface area (Å²) in [6, 6.07) is 6.99. The predicted molar refractivity (Wildman–Crippen MR) is 91.5 cm³/mol. The SMILES string of the molecule is Cc1ccc(CCC(=O)NCC(=O)N[C@H](CC(C)C)C(=O)O)cc1. The van der Waals surface area contributed by atoms with E-state index in [0.717, 1.165) is 11.1 Å². The molecule has 1 aromatic rings. The van der Waals surface area contributed by atoms with Gasteiger partial charge in [-0.2, -0.15) is 0 Å². The number of amides is 2. The third-order valence-electron chi connectivity index (χ3n) is 3.55. The summed E-state index contributed by atoms with van der Waals surface area (Å²) in [4.78, 5) is 34.6. The van der Waals surface area contributed by atoms with Crippen LogP contribution in [-0.4, -0.2) is 35.5 Å². The van der Waals surface area contributed by atoms with Gasteiger partial charge in [0.05, 0.1) is 6.54 Å². The number of hydrogen-bond donors (Lipinski definition) is 3. The second-order valence-corrected chi connectivity index (χ2v) is 6.35. The molecule has 0 aliphatic rings. The second-order valence-electron chi connectivity index (χ2n) is 6.35. The summed E-state index contributed by atoms with van der Waals surface area (Å²) < 4.78 is 0. The topological polar surface area (TPSA) is 95.5 Å². The molecule has 3 N–H and O–H groups in total. The summed E-state index contributed by atoms with van der Waals surface area (Å²) >= 11 is 0. The van der Waals surface area contributed by atoms with Crippen LogP contribution in [-0.2, 0) is 20.8 Å². The Balaban J connectivity index is 2.33. The van der Waals surface area contributed by atoms with Gasteiger partial charge in [-0.05, 0) is 31.2 Å². The normalized spacial score (nSPS) is 11.8. The molecule has 0 heterocycles. The molecule has 0 aromatic heterocycles. The van der Waals surface area contributed by atoms with Gasteiger partial charge in [0, 0.05) is 6.42 Å². The first kappa shape index (κ1) is 19.7. The summed E-state index contributed by atoms with van der Waals surface area (Å²) in [6.07, 6.45) is 1.23. The van der Waals surface area contributed by atoms with E-state index in [4.69, 9.17) is 5.11 Å². The second kappa shape index (κ2) is 9.70. The number of benzene rings is 1. The lowest BCUT2D eigenvalue weighted by Crippen LogP contribution is -2.46. The maximum Gasteiger partial charge on any atom is 0.326 e. The number of aryl methyl sites for hydroxylation is 2. The van der Waals surface area contributed by atoms with Gasteiger partial charge in [-0.3, -0.25) is 9.59 Å². The highest BCUT2D eigenvalue weighted by Crippen LogP contribution is 2.06. The van der Waals surface area contributed by atoms with Crippen LogP contribution in [0.25, 0.3) is 0 Å². The van der Waals surface area contributed by atoms with Crippen molar-refractivity contribution in [3.8, 4) is 0 Å². The Morgan fingerprint density at radius 1 is 1.08 bits per heavy atom. The third-order valence-corrected chi connectivity index (χ3v) is 3.55. The minimum Gasteiger partial charge on any atom is -0.480 e. The molecule has 0 saturated carbocycles. The van der Waals surface area contributed by atoms with Gasteiger partial charge in [0.15, 0.2) is 0 Å². The number of nitrogens with one attached hydrogen (secondary N) is 2. The van der Waals surface area contributed by atoms with Crippen LogP contribution >= 0.6 is 0 Å². The molecule has 1 rings (SSSR count). The molecule has 0 bridgehead atoms. The first-order valence-corrected chi connectivity index (χ1v) is 8.12. The molecule has 2 amide bonds. The molecule has 0 spiro atoms. The lowest BCUT2D eigenvalue weighted by atomic mass is 10.0. The van der Waals surface area contributed by atoms with Crippen molar-refractivity contribution in [3.63, 3.8) is 0 Å². The quantitative estimate of drug-likeness (QED) is 0.640. The maximum atomic E-state index is 11.8. The van der Waals surface area contributed by atoms with Gasteiger partial charge in [0.2, 0.25) is 11.8 Å². The minimum absolute atomic E-state index is 0.149. The average molecular weight is 334 g/mol. The van der Waals surface area contributed by atoms with Gasteiger partial charge >= 0.3 is 5.97 Å².